The molecule has 5 heteroatoms. The smallest absolute Gasteiger partial charge is 0.384 e. The molecule has 1 saturated carbocycles. The second kappa shape index (κ2) is 6.84. The highest BCUT2D eigenvalue weighted by atomic mass is 19.4. The number of rotatable bonds is 4. The second-order valence-electron chi connectivity index (χ2n) is 5.59. The van der Waals surface area contributed by atoms with Gasteiger partial charge in [-0.25, -0.2) is 0 Å². The van der Waals surface area contributed by atoms with Gasteiger partial charge in [0, 0.05) is 6.54 Å². The van der Waals surface area contributed by atoms with Crippen molar-refractivity contribution in [3.63, 3.8) is 0 Å². The monoisotopic (exact) mass is 296 g/mol. The highest BCUT2D eigenvalue weighted by Gasteiger charge is 2.31. The van der Waals surface area contributed by atoms with Crippen LogP contribution in [0, 0.1) is 17.2 Å². The zero-order valence-electron chi connectivity index (χ0n) is 11.8. The van der Waals surface area contributed by atoms with Crippen LogP contribution >= 0.6 is 0 Å². The number of anilines is 1. The number of nitriles is 1. The molecule has 2 nitrogen and oxygen atoms in total. The molecule has 0 heterocycles. The molecule has 1 N–H and O–H groups in total. The topological polar surface area (TPSA) is 35.8 Å². The van der Waals surface area contributed by atoms with Crippen molar-refractivity contribution in [2.24, 2.45) is 5.92 Å². The maximum Gasteiger partial charge on any atom is 0.416 e. The number of hydrogen-bond acceptors (Lipinski definition) is 2. The van der Waals surface area contributed by atoms with Gasteiger partial charge in [0.05, 0.1) is 16.8 Å². The van der Waals surface area contributed by atoms with Crippen molar-refractivity contribution in [1.82, 2.24) is 0 Å². The van der Waals surface area contributed by atoms with Crippen LogP contribution in [0.3, 0.4) is 0 Å². The van der Waals surface area contributed by atoms with Gasteiger partial charge >= 0.3 is 6.18 Å². The first-order valence-electron chi connectivity index (χ1n) is 7.36. The molecule has 0 atom stereocenters. The number of benzene rings is 1. The Morgan fingerprint density at radius 3 is 2.52 bits per heavy atom. The third-order valence-corrected chi connectivity index (χ3v) is 4.06. The molecule has 0 amide bonds. The van der Waals surface area contributed by atoms with E-state index in [2.05, 4.69) is 5.32 Å². The highest BCUT2D eigenvalue weighted by Crippen LogP contribution is 2.32. The Morgan fingerprint density at radius 1 is 1.19 bits per heavy atom. The standard InChI is InChI=1S/C16H19F3N2/c17-16(18,19)14-6-7-15(13(10-14)11-20)21-9-8-12-4-2-1-3-5-12/h6-7,10,12,21H,1-5,8-9H2. The van der Waals surface area contributed by atoms with E-state index in [-0.39, 0.29) is 5.56 Å². The fourth-order valence-electron chi connectivity index (χ4n) is 2.85. The van der Waals surface area contributed by atoms with Gasteiger partial charge in [-0.05, 0) is 30.5 Å². The molecule has 114 valence electrons. The van der Waals surface area contributed by atoms with Crippen molar-refractivity contribution >= 4 is 5.69 Å². The molecule has 1 aliphatic rings. The third kappa shape index (κ3) is 4.38. The summed E-state index contributed by atoms with van der Waals surface area (Å²) in [5, 5.41) is 12.1. The summed E-state index contributed by atoms with van der Waals surface area (Å²) in [6.45, 7) is 0.699. The van der Waals surface area contributed by atoms with Crippen LogP contribution in [-0.4, -0.2) is 6.54 Å². The molecule has 0 bridgehead atoms. The van der Waals surface area contributed by atoms with E-state index in [0.717, 1.165) is 18.6 Å². The molecular formula is C16H19F3N2. The largest absolute Gasteiger partial charge is 0.416 e. The lowest BCUT2D eigenvalue weighted by molar-refractivity contribution is -0.137. The SMILES string of the molecule is N#Cc1cc(C(F)(F)F)ccc1NCCC1CCCCC1. The maximum absolute atomic E-state index is 12.6. The molecule has 1 fully saturated rings. The second-order valence-corrected chi connectivity index (χ2v) is 5.59. The van der Waals surface area contributed by atoms with E-state index in [1.807, 2.05) is 6.07 Å². The van der Waals surface area contributed by atoms with Gasteiger partial charge in [0.1, 0.15) is 6.07 Å². The van der Waals surface area contributed by atoms with Gasteiger partial charge in [-0.1, -0.05) is 32.1 Å². The van der Waals surface area contributed by atoms with Gasteiger partial charge in [0.15, 0.2) is 0 Å². The minimum absolute atomic E-state index is 0.0495. The molecule has 1 aromatic rings. The maximum atomic E-state index is 12.6. The zero-order chi connectivity index (χ0) is 15.3. The summed E-state index contributed by atoms with van der Waals surface area (Å²) in [5.41, 5.74) is -0.244. The lowest BCUT2D eigenvalue weighted by atomic mass is 9.87. The van der Waals surface area contributed by atoms with Crippen LogP contribution in [0.1, 0.15) is 49.7 Å². The number of nitrogens with zero attached hydrogens (tertiary/aromatic N) is 1. The average molecular weight is 296 g/mol. The van der Waals surface area contributed by atoms with Crippen molar-refractivity contribution in [2.75, 3.05) is 11.9 Å². The Morgan fingerprint density at radius 2 is 1.90 bits per heavy atom. The molecule has 0 radical (unpaired) electrons. The predicted octanol–water partition coefficient (Wildman–Crippen LogP) is 4.96. The molecule has 0 aromatic heterocycles. The van der Waals surface area contributed by atoms with Gasteiger partial charge < -0.3 is 5.32 Å². The van der Waals surface area contributed by atoms with Crippen LogP contribution < -0.4 is 5.32 Å². The number of alkyl halides is 3. The first-order valence-corrected chi connectivity index (χ1v) is 7.36. The molecule has 1 aliphatic carbocycles. The molecule has 0 saturated heterocycles. The minimum Gasteiger partial charge on any atom is -0.384 e. The van der Waals surface area contributed by atoms with Crippen LogP contribution in [0.15, 0.2) is 18.2 Å². The summed E-state index contributed by atoms with van der Waals surface area (Å²) in [7, 11) is 0. The first kappa shape index (κ1) is 15.7. The van der Waals surface area contributed by atoms with Gasteiger partial charge in [-0.3, -0.25) is 0 Å². The summed E-state index contributed by atoms with van der Waals surface area (Å²) in [6, 6.07) is 5.11. The van der Waals surface area contributed by atoms with Gasteiger partial charge in [0.2, 0.25) is 0 Å². The van der Waals surface area contributed by atoms with Crippen LogP contribution in [0.2, 0.25) is 0 Å². The van der Waals surface area contributed by atoms with Gasteiger partial charge in [-0.2, -0.15) is 18.4 Å². The fraction of sp³-hybridized carbons (Fsp3) is 0.562. The van der Waals surface area contributed by atoms with Crippen molar-refractivity contribution in [3.05, 3.63) is 29.3 Å². The first-order chi connectivity index (χ1) is 10.0. The molecule has 21 heavy (non-hydrogen) atoms. The van der Waals surface area contributed by atoms with E-state index >= 15 is 0 Å². The molecular weight excluding hydrogens is 277 g/mol. The van der Waals surface area contributed by atoms with Crippen molar-refractivity contribution in [3.8, 4) is 6.07 Å². The van der Waals surface area contributed by atoms with Crippen LogP contribution in [0.5, 0.6) is 0 Å². The number of halogens is 3. The van der Waals surface area contributed by atoms with E-state index in [0.29, 0.717) is 18.2 Å². The van der Waals surface area contributed by atoms with Crippen LogP contribution in [-0.2, 0) is 6.18 Å². The predicted molar refractivity (Wildman–Crippen MR) is 75.8 cm³/mol. The summed E-state index contributed by atoms with van der Waals surface area (Å²) in [4.78, 5) is 0. The normalized spacial score (nSPS) is 16.5. The lowest BCUT2D eigenvalue weighted by Crippen LogP contribution is -2.13. The van der Waals surface area contributed by atoms with E-state index in [9.17, 15) is 13.2 Å². The molecule has 0 spiro atoms. The lowest BCUT2D eigenvalue weighted by Gasteiger charge is -2.21. The third-order valence-electron chi connectivity index (χ3n) is 4.06. The Labute approximate surface area is 123 Å². The quantitative estimate of drug-likeness (QED) is 0.852. The van der Waals surface area contributed by atoms with Gasteiger partial charge in [0.25, 0.3) is 0 Å². The van der Waals surface area contributed by atoms with Crippen LogP contribution in [0.4, 0.5) is 18.9 Å². The summed E-state index contributed by atoms with van der Waals surface area (Å²) in [6.07, 6.45) is 2.92. The highest BCUT2D eigenvalue weighted by molar-refractivity contribution is 5.58. The minimum atomic E-state index is -4.41. The fourth-order valence-corrected chi connectivity index (χ4v) is 2.85. The Balaban J connectivity index is 1.95. The Bertz CT molecular complexity index is 511. The van der Waals surface area contributed by atoms with Crippen molar-refractivity contribution in [1.29, 1.82) is 5.26 Å². The van der Waals surface area contributed by atoms with E-state index in [1.54, 1.807) is 0 Å². The number of nitrogens with one attached hydrogen (secondary N) is 1. The van der Waals surface area contributed by atoms with E-state index in [4.69, 9.17) is 5.26 Å². The zero-order valence-corrected chi connectivity index (χ0v) is 11.8. The average Bonchev–Trinajstić information content (AvgIpc) is 2.47. The van der Waals surface area contributed by atoms with Gasteiger partial charge in [-0.15, -0.1) is 0 Å². The Hall–Kier alpha value is -1.70. The molecule has 2 rings (SSSR count). The summed E-state index contributed by atoms with van der Waals surface area (Å²) >= 11 is 0. The summed E-state index contributed by atoms with van der Waals surface area (Å²) in [5.74, 6) is 0.700. The van der Waals surface area contributed by atoms with Crippen molar-refractivity contribution in [2.45, 2.75) is 44.7 Å². The number of hydrogen-bond donors (Lipinski definition) is 1. The van der Waals surface area contributed by atoms with E-state index < -0.39 is 11.7 Å². The van der Waals surface area contributed by atoms with Crippen molar-refractivity contribution < 1.29 is 13.2 Å². The Kier molecular flexibility index (Phi) is 5.11. The molecule has 1 aromatic carbocycles. The van der Waals surface area contributed by atoms with E-state index in [1.165, 1.54) is 38.2 Å². The van der Waals surface area contributed by atoms with Crippen LogP contribution in [0.25, 0.3) is 0 Å². The summed E-state index contributed by atoms with van der Waals surface area (Å²) < 4.78 is 37.8. The molecule has 0 unspecified atom stereocenters. The molecule has 0 aliphatic heterocycles.